The van der Waals surface area contributed by atoms with Crippen LogP contribution in [0.5, 0.6) is 0 Å². The van der Waals surface area contributed by atoms with Crippen molar-refractivity contribution in [3.8, 4) is 0 Å². The molecule has 7 aromatic rings. The number of aromatic nitrogens is 1. The van der Waals surface area contributed by atoms with Crippen molar-refractivity contribution < 1.29 is 92.4 Å². The molecule has 22 heteroatoms. The van der Waals surface area contributed by atoms with E-state index < -0.39 is 144 Å². The molecule has 0 saturated heterocycles. The number of benzene rings is 6. The Hall–Kier alpha value is -6.61. The Labute approximate surface area is 358 Å². The molecule has 6 aromatic carbocycles. The average molecular weight is 955 g/mol. The van der Waals surface area contributed by atoms with E-state index in [4.69, 9.17) is 0 Å². The van der Waals surface area contributed by atoms with Crippen LogP contribution in [0.1, 0.15) is 31.9 Å². The number of hydrogen-bond acceptors (Lipinski definition) is 0. The maximum absolute atomic E-state index is 15.4. The van der Waals surface area contributed by atoms with Crippen LogP contribution in [0.25, 0.3) is 10.8 Å². The van der Waals surface area contributed by atoms with Crippen molar-refractivity contribution in [2.75, 3.05) is 0 Å². The molecule has 1 heterocycles. The fourth-order valence-corrected chi connectivity index (χ4v) is 7.47. The van der Waals surface area contributed by atoms with Gasteiger partial charge in [-0.25, -0.2) is 92.4 Å². The van der Waals surface area contributed by atoms with Crippen molar-refractivity contribution in [2.24, 2.45) is 0 Å². The highest BCUT2D eigenvalue weighted by molar-refractivity contribution is 7.20. The van der Waals surface area contributed by atoms with Gasteiger partial charge in [0.05, 0.1) is 0 Å². The molecule has 0 unspecified atom stereocenters. The first-order valence-electron chi connectivity index (χ1n) is 18.4. The summed E-state index contributed by atoms with van der Waals surface area (Å²) >= 11 is 0. The molecule has 0 radical (unpaired) electrons. The largest absolute Gasteiger partial charge is 0.207 e. The van der Waals surface area contributed by atoms with Gasteiger partial charge in [0.2, 0.25) is 0 Å². The second-order valence-corrected chi connectivity index (χ2v) is 15.5. The zero-order chi connectivity index (χ0) is 49.2. The molecule has 7 rings (SSSR count). The van der Waals surface area contributed by atoms with Gasteiger partial charge in [-0.15, -0.1) is 21.9 Å². The van der Waals surface area contributed by atoms with Crippen molar-refractivity contribution in [2.45, 2.75) is 32.7 Å². The molecule has 0 aliphatic heterocycles. The zero-order valence-corrected chi connectivity index (χ0v) is 33.1. The maximum atomic E-state index is 15.4. The van der Waals surface area contributed by atoms with Gasteiger partial charge in [0.1, 0.15) is 52.7 Å². The number of hydrogen-bond donors (Lipinski definition) is 0. The fraction of sp³-hybridized carbons (Fsp3) is 0.114. The van der Waals surface area contributed by atoms with Crippen molar-refractivity contribution in [1.29, 1.82) is 0 Å². The van der Waals surface area contributed by atoms with Gasteiger partial charge in [-0.2, -0.15) is 0 Å². The lowest BCUT2D eigenvalue weighted by Crippen LogP contribution is -2.81. The summed E-state index contributed by atoms with van der Waals surface area (Å²) in [6.45, 7) is 7.66. The number of fused-ring (bicyclic) bond motifs is 1. The maximum Gasteiger partial charge on any atom is 0.200 e. The molecule has 0 atom stereocenters. The molecule has 0 aliphatic carbocycles. The minimum atomic E-state index is -7.22. The standard InChI is InChI=1S/C24BF20.C20H22N/c26-5-1(6(27)14(35)21(42)13(5)34)25(2-7(28)15(36)22(43)16(37)8(2)29,3-9(30)17(38)23(44)18(39)10(3)31)4-11(32)19(40)24(45)20(41)12(4)33;1-20(2,3)19-10-8-16(9-11-19)14-21-13-12-17-6-4-5-7-18(17)15-21/h;4-13,15H,14H2,1-3H3/q-1;+1. The Kier molecular flexibility index (Phi) is 13.1. The van der Waals surface area contributed by atoms with Crippen LogP contribution in [0.15, 0.2) is 67.0 Å². The van der Waals surface area contributed by atoms with Gasteiger partial charge in [-0.1, -0.05) is 63.2 Å². The lowest BCUT2D eigenvalue weighted by Gasteiger charge is -2.44. The summed E-state index contributed by atoms with van der Waals surface area (Å²) < 4.78 is 296. The van der Waals surface area contributed by atoms with Crippen LogP contribution >= 0.6 is 0 Å². The SMILES string of the molecule is CC(C)(C)c1ccc(C[n+]2ccc3ccccc3c2)cc1.Fc1c(F)c(F)c([B-](c2c(F)c(F)c(F)c(F)c2F)(c2c(F)c(F)c(F)c(F)c2F)c2c(F)c(F)c(F)c(F)c2F)c(F)c1F. The molecule has 1 aromatic heterocycles. The van der Waals surface area contributed by atoms with Gasteiger partial charge in [-0.05, 0) is 22.4 Å². The topological polar surface area (TPSA) is 3.88 Å². The third kappa shape index (κ3) is 7.76. The monoisotopic (exact) mass is 955 g/mol. The van der Waals surface area contributed by atoms with Gasteiger partial charge in [0.25, 0.3) is 0 Å². The molecular formula is C44H22BF20N. The van der Waals surface area contributed by atoms with Crippen LogP contribution in [-0.2, 0) is 12.0 Å². The Morgan fingerprint density at radius 1 is 0.348 bits per heavy atom. The molecule has 0 spiro atoms. The Morgan fingerprint density at radius 2 is 0.621 bits per heavy atom. The highest BCUT2D eigenvalue weighted by Gasteiger charge is 2.52. The van der Waals surface area contributed by atoms with Gasteiger partial charge >= 0.3 is 0 Å². The summed E-state index contributed by atoms with van der Waals surface area (Å²) in [5, 5.41) is 2.57. The number of rotatable bonds is 6. The fourth-order valence-electron chi connectivity index (χ4n) is 7.47. The second-order valence-electron chi connectivity index (χ2n) is 15.5. The number of pyridine rings is 1. The normalized spacial score (nSPS) is 11.9. The van der Waals surface area contributed by atoms with Crippen molar-refractivity contribution in [3.63, 3.8) is 0 Å². The smallest absolute Gasteiger partial charge is 0.200 e. The first-order valence-corrected chi connectivity index (χ1v) is 18.4. The van der Waals surface area contributed by atoms with Gasteiger partial charge in [0, 0.05) is 17.0 Å². The van der Waals surface area contributed by atoms with E-state index in [1.54, 1.807) is 0 Å². The zero-order valence-electron chi connectivity index (χ0n) is 33.1. The molecular weight excluding hydrogens is 933 g/mol. The third-order valence-electron chi connectivity index (χ3n) is 10.6. The van der Waals surface area contributed by atoms with E-state index in [-0.39, 0.29) is 5.41 Å². The summed E-state index contributed by atoms with van der Waals surface area (Å²) in [5.41, 5.74) is -11.4. The van der Waals surface area contributed by atoms with E-state index in [0.717, 1.165) is 6.54 Å². The Morgan fingerprint density at radius 3 is 0.909 bits per heavy atom. The summed E-state index contributed by atoms with van der Waals surface area (Å²) in [7, 11) is 0. The van der Waals surface area contributed by atoms with Crippen molar-refractivity contribution >= 4 is 38.8 Å². The molecule has 0 bridgehead atoms. The summed E-state index contributed by atoms with van der Waals surface area (Å²) in [5.74, 6) is -71.4. The molecule has 66 heavy (non-hydrogen) atoms. The summed E-state index contributed by atoms with van der Waals surface area (Å²) in [6.07, 6.45) is -2.85. The first kappa shape index (κ1) is 48.8. The minimum Gasteiger partial charge on any atom is -0.207 e. The van der Waals surface area contributed by atoms with Crippen LogP contribution < -0.4 is 26.4 Å². The summed E-state index contributed by atoms with van der Waals surface area (Å²) in [4.78, 5) is 0. The molecule has 0 N–H and O–H groups in total. The Balaban J connectivity index is 0.000000284. The van der Waals surface area contributed by atoms with Crippen LogP contribution in [0.2, 0.25) is 0 Å². The van der Waals surface area contributed by atoms with E-state index in [9.17, 15) is 52.7 Å². The number of halogens is 20. The molecule has 346 valence electrons. The molecule has 0 amide bonds. The van der Waals surface area contributed by atoms with Gasteiger partial charge in [-0.3, -0.25) is 0 Å². The van der Waals surface area contributed by atoms with Crippen LogP contribution in [0, 0.1) is 116 Å². The quantitative estimate of drug-likeness (QED) is 0.0514. The Bertz CT molecular complexity index is 2710. The average Bonchev–Trinajstić information content (AvgIpc) is 3.29. The predicted octanol–water partition coefficient (Wildman–Crippen LogP) is 10.3. The van der Waals surface area contributed by atoms with E-state index >= 15 is 35.1 Å². The minimum absolute atomic E-state index is 0.217. The highest BCUT2D eigenvalue weighted by atomic mass is 19.2. The molecule has 0 saturated carbocycles. The number of nitrogens with zero attached hydrogens (tertiary/aromatic N) is 1. The third-order valence-corrected chi connectivity index (χ3v) is 10.6. The first-order chi connectivity index (χ1) is 30.7. The lowest BCUT2D eigenvalue weighted by atomic mass is 9.12. The van der Waals surface area contributed by atoms with Crippen molar-refractivity contribution in [3.05, 3.63) is 194 Å². The van der Waals surface area contributed by atoms with Crippen LogP contribution in [0.3, 0.4) is 0 Å². The lowest BCUT2D eigenvalue weighted by molar-refractivity contribution is -0.687. The highest BCUT2D eigenvalue weighted by Crippen LogP contribution is 2.31. The molecule has 0 fully saturated rings. The van der Waals surface area contributed by atoms with E-state index in [0.29, 0.717) is 0 Å². The van der Waals surface area contributed by atoms with E-state index in [1.807, 2.05) is 0 Å². The van der Waals surface area contributed by atoms with E-state index in [2.05, 4.69) is 92.3 Å². The molecule has 1 nitrogen and oxygen atoms in total. The van der Waals surface area contributed by atoms with E-state index in [1.165, 1.54) is 21.9 Å². The van der Waals surface area contributed by atoms with Crippen molar-refractivity contribution in [1.82, 2.24) is 0 Å². The van der Waals surface area contributed by atoms with Crippen LogP contribution in [-0.4, -0.2) is 6.15 Å². The summed E-state index contributed by atoms with van der Waals surface area (Å²) in [6, 6.07) is 19.6. The van der Waals surface area contributed by atoms with Gasteiger partial charge in [0.15, 0.2) is 88.7 Å². The molecule has 0 aliphatic rings. The van der Waals surface area contributed by atoms with Gasteiger partial charge < -0.3 is 0 Å². The van der Waals surface area contributed by atoms with Crippen LogP contribution in [0.4, 0.5) is 87.8 Å². The predicted molar refractivity (Wildman–Crippen MR) is 198 cm³/mol. The second kappa shape index (κ2) is 17.7.